The number of esters is 1. The van der Waals surface area contributed by atoms with E-state index >= 15 is 0 Å². The van der Waals surface area contributed by atoms with Crippen molar-refractivity contribution in [2.75, 3.05) is 13.9 Å². The van der Waals surface area contributed by atoms with Crippen LogP contribution in [-0.4, -0.2) is 24.9 Å². The topological polar surface area (TPSA) is 57.7 Å². The number of nitrogens with zero attached hydrogens (tertiary/aromatic N) is 1. The highest BCUT2D eigenvalue weighted by Crippen LogP contribution is 2.39. The zero-order valence-electron chi connectivity index (χ0n) is 15.5. The molecule has 1 aliphatic rings. The van der Waals surface area contributed by atoms with E-state index in [0.717, 1.165) is 32.8 Å². The molecule has 0 aliphatic carbocycles. The molecule has 138 valence electrons. The summed E-state index contributed by atoms with van der Waals surface area (Å²) in [5.74, 6) is 0.922. The fourth-order valence-corrected chi connectivity index (χ4v) is 3.83. The molecule has 1 aliphatic heterocycles. The summed E-state index contributed by atoms with van der Waals surface area (Å²) in [5.41, 5.74) is 3.50. The van der Waals surface area contributed by atoms with Gasteiger partial charge in [0.1, 0.15) is 0 Å². The number of aromatic nitrogens is 1. The molecule has 0 saturated heterocycles. The summed E-state index contributed by atoms with van der Waals surface area (Å²) in [6.45, 7) is 2.14. The third-order valence-electron chi connectivity index (χ3n) is 5.16. The molecule has 28 heavy (non-hydrogen) atoms. The van der Waals surface area contributed by atoms with Crippen LogP contribution in [0.5, 0.6) is 11.5 Å². The SMILES string of the molecule is COC(=O)c1c(-c2ccc3c(c2)OCO3)nc2ccc3ccccc3c2c1C. The van der Waals surface area contributed by atoms with Crippen LogP contribution in [0.2, 0.25) is 0 Å². The second kappa shape index (κ2) is 6.23. The summed E-state index contributed by atoms with van der Waals surface area (Å²) in [5, 5.41) is 3.13. The van der Waals surface area contributed by atoms with E-state index in [9.17, 15) is 4.79 Å². The van der Waals surface area contributed by atoms with Crippen molar-refractivity contribution < 1.29 is 19.0 Å². The molecule has 2 heterocycles. The van der Waals surface area contributed by atoms with Crippen molar-refractivity contribution in [2.24, 2.45) is 0 Å². The first-order chi connectivity index (χ1) is 13.7. The Morgan fingerprint density at radius 1 is 1.04 bits per heavy atom. The molecule has 0 unspecified atom stereocenters. The van der Waals surface area contributed by atoms with Crippen molar-refractivity contribution in [1.82, 2.24) is 4.98 Å². The van der Waals surface area contributed by atoms with Crippen molar-refractivity contribution in [3.63, 3.8) is 0 Å². The summed E-state index contributed by atoms with van der Waals surface area (Å²) in [7, 11) is 1.39. The highest BCUT2D eigenvalue weighted by atomic mass is 16.7. The lowest BCUT2D eigenvalue weighted by molar-refractivity contribution is 0.0600. The number of pyridine rings is 1. The minimum atomic E-state index is -0.410. The van der Waals surface area contributed by atoms with Crippen LogP contribution >= 0.6 is 0 Å². The number of ether oxygens (including phenoxy) is 3. The number of carbonyl (C=O) groups excluding carboxylic acids is 1. The van der Waals surface area contributed by atoms with Gasteiger partial charge in [-0.1, -0.05) is 30.3 Å². The molecule has 0 saturated carbocycles. The molecule has 0 spiro atoms. The van der Waals surface area contributed by atoms with Gasteiger partial charge >= 0.3 is 5.97 Å². The summed E-state index contributed by atoms with van der Waals surface area (Å²) in [6, 6.07) is 17.7. The van der Waals surface area contributed by atoms with Gasteiger partial charge in [0.25, 0.3) is 0 Å². The molecule has 1 aromatic heterocycles. The van der Waals surface area contributed by atoms with Crippen LogP contribution in [0.3, 0.4) is 0 Å². The maximum absolute atomic E-state index is 12.7. The average Bonchev–Trinajstić information content (AvgIpc) is 3.20. The smallest absolute Gasteiger partial charge is 0.340 e. The molecule has 0 radical (unpaired) electrons. The molecule has 0 bridgehead atoms. The lowest BCUT2D eigenvalue weighted by Crippen LogP contribution is -2.09. The monoisotopic (exact) mass is 371 g/mol. The predicted molar refractivity (Wildman–Crippen MR) is 107 cm³/mol. The lowest BCUT2D eigenvalue weighted by Gasteiger charge is -2.15. The Bertz CT molecular complexity index is 1260. The van der Waals surface area contributed by atoms with E-state index in [0.29, 0.717) is 22.8 Å². The molecule has 0 N–H and O–H groups in total. The van der Waals surface area contributed by atoms with Gasteiger partial charge in [-0.2, -0.15) is 0 Å². The molecule has 5 rings (SSSR count). The third kappa shape index (κ3) is 2.40. The fourth-order valence-electron chi connectivity index (χ4n) is 3.83. The number of benzene rings is 3. The van der Waals surface area contributed by atoms with E-state index in [1.54, 1.807) is 0 Å². The molecule has 4 aromatic rings. The van der Waals surface area contributed by atoms with E-state index < -0.39 is 5.97 Å². The third-order valence-corrected chi connectivity index (χ3v) is 5.16. The van der Waals surface area contributed by atoms with Gasteiger partial charge in [0.05, 0.1) is 23.9 Å². The predicted octanol–water partition coefficient (Wildman–Crippen LogP) is 4.88. The summed E-state index contributed by atoms with van der Waals surface area (Å²) >= 11 is 0. The van der Waals surface area contributed by atoms with Crippen LogP contribution in [0.4, 0.5) is 0 Å². The summed E-state index contributed by atoms with van der Waals surface area (Å²) in [4.78, 5) is 17.6. The van der Waals surface area contributed by atoms with Gasteiger partial charge in [0.15, 0.2) is 11.5 Å². The van der Waals surface area contributed by atoms with Crippen LogP contribution in [-0.2, 0) is 4.74 Å². The van der Waals surface area contributed by atoms with Crippen LogP contribution in [0.15, 0.2) is 54.6 Å². The summed E-state index contributed by atoms with van der Waals surface area (Å²) < 4.78 is 16.0. The normalized spacial score (nSPS) is 12.5. The van der Waals surface area contributed by atoms with Crippen LogP contribution in [0, 0.1) is 6.92 Å². The number of hydrogen-bond acceptors (Lipinski definition) is 5. The first kappa shape index (κ1) is 16.6. The van der Waals surface area contributed by atoms with E-state index in [-0.39, 0.29) is 6.79 Å². The maximum Gasteiger partial charge on any atom is 0.340 e. The van der Waals surface area contributed by atoms with Crippen molar-refractivity contribution in [1.29, 1.82) is 0 Å². The van der Waals surface area contributed by atoms with Gasteiger partial charge in [-0.05, 0) is 47.5 Å². The van der Waals surface area contributed by atoms with Gasteiger partial charge in [-0.15, -0.1) is 0 Å². The quantitative estimate of drug-likeness (QED) is 0.371. The minimum Gasteiger partial charge on any atom is -0.465 e. The van der Waals surface area contributed by atoms with Crippen LogP contribution in [0.1, 0.15) is 15.9 Å². The molecular weight excluding hydrogens is 354 g/mol. The Morgan fingerprint density at radius 2 is 1.86 bits per heavy atom. The molecule has 0 atom stereocenters. The van der Waals surface area contributed by atoms with Crippen molar-refractivity contribution >= 4 is 27.6 Å². The average molecular weight is 371 g/mol. The van der Waals surface area contributed by atoms with Gasteiger partial charge in [0, 0.05) is 10.9 Å². The zero-order chi connectivity index (χ0) is 19.3. The Balaban J connectivity index is 1.86. The van der Waals surface area contributed by atoms with Gasteiger partial charge in [0.2, 0.25) is 6.79 Å². The molecule has 5 nitrogen and oxygen atoms in total. The molecular formula is C23H17NO4. The van der Waals surface area contributed by atoms with Crippen molar-refractivity contribution in [3.05, 3.63) is 65.7 Å². The number of hydrogen-bond donors (Lipinski definition) is 0. The Hall–Kier alpha value is -3.60. The first-order valence-corrected chi connectivity index (χ1v) is 8.98. The van der Waals surface area contributed by atoms with Gasteiger partial charge in [-0.25, -0.2) is 9.78 Å². The van der Waals surface area contributed by atoms with Crippen LogP contribution in [0.25, 0.3) is 32.9 Å². The number of aryl methyl sites for hydroxylation is 1. The number of rotatable bonds is 2. The number of fused-ring (bicyclic) bond motifs is 4. The molecule has 0 amide bonds. The van der Waals surface area contributed by atoms with E-state index in [2.05, 4.69) is 6.07 Å². The number of methoxy groups -OCH3 is 1. The van der Waals surface area contributed by atoms with E-state index in [1.807, 2.05) is 55.5 Å². The Kier molecular flexibility index (Phi) is 3.69. The molecule has 5 heteroatoms. The number of carbonyl (C=O) groups is 1. The minimum absolute atomic E-state index is 0.193. The first-order valence-electron chi connectivity index (χ1n) is 8.98. The highest BCUT2D eigenvalue weighted by molar-refractivity contribution is 6.12. The van der Waals surface area contributed by atoms with E-state index in [4.69, 9.17) is 19.2 Å². The standard InChI is InChI=1S/C23H17NO4/c1-13-20-16-6-4-3-5-14(16)7-9-17(20)24-22(21(13)23(25)26-2)15-8-10-18-19(11-15)28-12-27-18/h3-11H,12H2,1-2H3. The van der Waals surface area contributed by atoms with Crippen LogP contribution < -0.4 is 9.47 Å². The highest BCUT2D eigenvalue weighted by Gasteiger charge is 2.23. The van der Waals surface area contributed by atoms with Gasteiger partial charge in [-0.3, -0.25) is 0 Å². The fraction of sp³-hybridized carbons (Fsp3) is 0.130. The van der Waals surface area contributed by atoms with Gasteiger partial charge < -0.3 is 14.2 Å². The molecule has 3 aromatic carbocycles. The second-order valence-corrected chi connectivity index (χ2v) is 6.70. The maximum atomic E-state index is 12.7. The molecule has 0 fully saturated rings. The zero-order valence-corrected chi connectivity index (χ0v) is 15.5. The Labute approximate surface area is 161 Å². The summed E-state index contributed by atoms with van der Waals surface area (Å²) in [6.07, 6.45) is 0. The Morgan fingerprint density at radius 3 is 2.71 bits per heavy atom. The lowest BCUT2D eigenvalue weighted by atomic mass is 9.94. The van der Waals surface area contributed by atoms with Crippen molar-refractivity contribution in [2.45, 2.75) is 6.92 Å². The van der Waals surface area contributed by atoms with Crippen molar-refractivity contribution in [3.8, 4) is 22.8 Å². The van der Waals surface area contributed by atoms with E-state index in [1.165, 1.54) is 7.11 Å². The second-order valence-electron chi connectivity index (χ2n) is 6.70. The largest absolute Gasteiger partial charge is 0.465 e.